The van der Waals surface area contributed by atoms with E-state index in [4.69, 9.17) is 5.26 Å². The van der Waals surface area contributed by atoms with E-state index >= 15 is 0 Å². The molecule has 1 aromatic heterocycles. The van der Waals surface area contributed by atoms with Gasteiger partial charge in [0.1, 0.15) is 0 Å². The number of benzene rings is 1. The van der Waals surface area contributed by atoms with Gasteiger partial charge >= 0.3 is 0 Å². The summed E-state index contributed by atoms with van der Waals surface area (Å²) in [6.07, 6.45) is 0. The molecule has 2 aromatic rings. The largest absolute Gasteiger partial charge is 0.268 e. The van der Waals surface area contributed by atoms with E-state index in [1.807, 2.05) is 6.07 Å². The predicted molar refractivity (Wildman–Crippen MR) is 76.4 cm³/mol. The van der Waals surface area contributed by atoms with E-state index in [2.05, 4.69) is 5.10 Å². The van der Waals surface area contributed by atoms with E-state index in [-0.39, 0.29) is 22.8 Å². The van der Waals surface area contributed by atoms with Gasteiger partial charge < -0.3 is 0 Å². The van der Waals surface area contributed by atoms with E-state index in [9.17, 15) is 13.2 Å². The van der Waals surface area contributed by atoms with Crippen LogP contribution in [0.5, 0.6) is 0 Å². The standard InChI is InChI=1S/C14H13N3O3S/c1-11-2-7-14(18)17(16-11)8-9-21(19,20)13-5-3-12(10-15)4-6-13/h2-7H,8-9H2,1H3. The summed E-state index contributed by atoms with van der Waals surface area (Å²) in [7, 11) is -3.52. The number of hydrogen-bond acceptors (Lipinski definition) is 5. The summed E-state index contributed by atoms with van der Waals surface area (Å²) in [5.41, 5.74) is 0.700. The first-order valence-electron chi connectivity index (χ1n) is 6.20. The van der Waals surface area contributed by atoms with E-state index in [0.29, 0.717) is 11.3 Å². The van der Waals surface area contributed by atoms with Crippen LogP contribution in [-0.2, 0) is 16.4 Å². The fraction of sp³-hybridized carbons (Fsp3) is 0.214. The molecule has 108 valence electrons. The normalized spacial score (nSPS) is 11.0. The monoisotopic (exact) mass is 303 g/mol. The lowest BCUT2D eigenvalue weighted by Gasteiger charge is -2.06. The third-order valence-corrected chi connectivity index (χ3v) is 4.62. The molecule has 0 aliphatic heterocycles. The molecule has 0 unspecified atom stereocenters. The van der Waals surface area contributed by atoms with Gasteiger partial charge in [0.2, 0.25) is 0 Å². The Labute approximate surface area is 122 Å². The molecule has 0 saturated heterocycles. The minimum Gasteiger partial charge on any atom is -0.268 e. The van der Waals surface area contributed by atoms with Crippen molar-refractivity contribution in [1.29, 1.82) is 5.26 Å². The minimum absolute atomic E-state index is 0.0111. The van der Waals surface area contributed by atoms with E-state index in [1.54, 1.807) is 13.0 Å². The van der Waals surface area contributed by atoms with Gasteiger partial charge in [-0.05, 0) is 37.3 Å². The van der Waals surface area contributed by atoms with E-state index in [1.165, 1.54) is 30.3 Å². The number of aryl methyl sites for hydroxylation is 2. The number of aromatic nitrogens is 2. The Morgan fingerprint density at radius 3 is 2.48 bits per heavy atom. The van der Waals surface area contributed by atoms with Gasteiger partial charge in [0, 0.05) is 6.07 Å². The van der Waals surface area contributed by atoms with Crippen LogP contribution in [0.3, 0.4) is 0 Å². The van der Waals surface area contributed by atoms with Crippen LogP contribution in [0.2, 0.25) is 0 Å². The highest BCUT2D eigenvalue weighted by molar-refractivity contribution is 7.91. The average Bonchev–Trinajstić information content (AvgIpc) is 2.48. The molecule has 0 N–H and O–H groups in total. The Morgan fingerprint density at radius 1 is 1.19 bits per heavy atom. The van der Waals surface area contributed by atoms with Crippen LogP contribution in [-0.4, -0.2) is 24.0 Å². The third kappa shape index (κ3) is 3.55. The second-order valence-corrected chi connectivity index (χ2v) is 6.60. The molecule has 0 spiro atoms. The van der Waals surface area contributed by atoms with Crippen molar-refractivity contribution in [2.45, 2.75) is 18.4 Å². The Bertz CT molecular complexity index is 846. The average molecular weight is 303 g/mol. The minimum atomic E-state index is -3.52. The number of nitrogens with zero attached hydrogens (tertiary/aromatic N) is 3. The number of nitriles is 1. The van der Waals surface area contributed by atoms with E-state index in [0.717, 1.165) is 4.68 Å². The smallest absolute Gasteiger partial charge is 0.266 e. The summed E-state index contributed by atoms with van der Waals surface area (Å²) in [6, 6.07) is 10.5. The quantitative estimate of drug-likeness (QED) is 0.836. The van der Waals surface area contributed by atoms with Crippen molar-refractivity contribution in [2.24, 2.45) is 0 Å². The first-order valence-corrected chi connectivity index (χ1v) is 7.85. The van der Waals surface area contributed by atoms with Crippen LogP contribution in [0.15, 0.2) is 46.1 Å². The van der Waals surface area contributed by atoms with Crippen molar-refractivity contribution in [3.63, 3.8) is 0 Å². The molecule has 0 amide bonds. The Hall–Kier alpha value is -2.46. The van der Waals surface area contributed by atoms with Gasteiger partial charge in [-0.25, -0.2) is 13.1 Å². The molecular weight excluding hydrogens is 290 g/mol. The first kappa shape index (κ1) is 14.9. The molecule has 0 saturated carbocycles. The van der Waals surface area contributed by atoms with Crippen molar-refractivity contribution >= 4 is 9.84 Å². The fourth-order valence-corrected chi connectivity index (χ4v) is 2.97. The fourth-order valence-electron chi connectivity index (χ4n) is 1.77. The van der Waals surface area contributed by atoms with Gasteiger partial charge in [-0.15, -0.1) is 0 Å². The predicted octanol–water partition coefficient (Wildman–Crippen LogP) is 0.897. The highest BCUT2D eigenvalue weighted by Gasteiger charge is 2.15. The summed E-state index contributed by atoms with van der Waals surface area (Å²) in [5, 5.41) is 12.7. The van der Waals surface area contributed by atoms with Gasteiger partial charge in [0.05, 0.1) is 34.5 Å². The number of hydrogen-bond donors (Lipinski definition) is 0. The molecule has 0 aliphatic carbocycles. The second kappa shape index (κ2) is 5.89. The zero-order chi connectivity index (χ0) is 15.5. The number of rotatable bonds is 4. The second-order valence-electron chi connectivity index (χ2n) is 4.49. The molecular formula is C14H13N3O3S. The summed E-state index contributed by atoms with van der Waals surface area (Å²) in [4.78, 5) is 11.7. The number of sulfone groups is 1. The van der Waals surface area contributed by atoms with Crippen molar-refractivity contribution in [2.75, 3.05) is 5.75 Å². The van der Waals surface area contributed by atoms with Crippen LogP contribution >= 0.6 is 0 Å². The first-order chi connectivity index (χ1) is 9.92. The molecule has 6 nitrogen and oxygen atoms in total. The zero-order valence-electron chi connectivity index (χ0n) is 11.4. The van der Waals surface area contributed by atoms with E-state index < -0.39 is 9.84 Å². The summed E-state index contributed by atoms with van der Waals surface area (Å²) < 4.78 is 25.5. The van der Waals surface area contributed by atoms with Crippen molar-refractivity contribution in [1.82, 2.24) is 9.78 Å². The lowest BCUT2D eigenvalue weighted by Crippen LogP contribution is -2.26. The van der Waals surface area contributed by atoms with Crippen molar-refractivity contribution in [3.05, 3.63) is 58.0 Å². The van der Waals surface area contributed by atoms with Crippen LogP contribution in [0.4, 0.5) is 0 Å². The molecule has 0 radical (unpaired) electrons. The highest BCUT2D eigenvalue weighted by Crippen LogP contribution is 2.12. The van der Waals surface area contributed by atoms with Crippen molar-refractivity contribution < 1.29 is 8.42 Å². The Balaban J connectivity index is 2.19. The molecule has 7 heteroatoms. The molecule has 1 heterocycles. The van der Waals surface area contributed by atoms with Gasteiger partial charge in [0.25, 0.3) is 5.56 Å². The maximum absolute atomic E-state index is 12.2. The lowest BCUT2D eigenvalue weighted by molar-refractivity contribution is 0.568. The maximum atomic E-state index is 12.2. The highest BCUT2D eigenvalue weighted by atomic mass is 32.2. The van der Waals surface area contributed by atoms with Crippen LogP contribution in [0, 0.1) is 18.3 Å². The Morgan fingerprint density at radius 2 is 1.86 bits per heavy atom. The van der Waals surface area contributed by atoms with Gasteiger partial charge in [-0.2, -0.15) is 10.4 Å². The van der Waals surface area contributed by atoms with Gasteiger partial charge in [-0.3, -0.25) is 4.79 Å². The summed E-state index contributed by atoms with van der Waals surface area (Å²) >= 11 is 0. The molecule has 2 rings (SSSR count). The lowest BCUT2D eigenvalue weighted by atomic mass is 10.2. The maximum Gasteiger partial charge on any atom is 0.266 e. The molecule has 0 fully saturated rings. The van der Waals surface area contributed by atoms with Crippen LogP contribution in [0.1, 0.15) is 11.3 Å². The molecule has 1 aromatic carbocycles. The van der Waals surface area contributed by atoms with Crippen LogP contribution < -0.4 is 5.56 Å². The molecule has 0 atom stereocenters. The molecule has 0 bridgehead atoms. The molecule has 21 heavy (non-hydrogen) atoms. The summed E-state index contributed by atoms with van der Waals surface area (Å²) in [5.74, 6) is -0.227. The molecule has 0 aliphatic rings. The SMILES string of the molecule is Cc1ccc(=O)n(CCS(=O)(=O)c2ccc(C#N)cc2)n1. The Kier molecular flexibility index (Phi) is 4.19. The topological polar surface area (TPSA) is 92.8 Å². The van der Waals surface area contributed by atoms with Crippen molar-refractivity contribution in [3.8, 4) is 6.07 Å². The van der Waals surface area contributed by atoms with Gasteiger partial charge in [-0.1, -0.05) is 0 Å². The third-order valence-electron chi connectivity index (χ3n) is 2.91. The van der Waals surface area contributed by atoms with Crippen LogP contribution in [0.25, 0.3) is 0 Å². The zero-order valence-corrected chi connectivity index (χ0v) is 12.2. The van der Waals surface area contributed by atoms with Gasteiger partial charge in [0.15, 0.2) is 9.84 Å². The summed E-state index contributed by atoms with van der Waals surface area (Å²) in [6.45, 7) is 1.72.